The van der Waals surface area contributed by atoms with E-state index >= 15 is 0 Å². The molecule has 0 aromatic heterocycles. The maximum atomic E-state index is 12.8. The number of ether oxygens (including phenoxy) is 1. The van der Waals surface area contributed by atoms with Gasteiger partial charge in [-0.3, -0.25) is 19.2 Å². The van der Waals surface area contributed by atoms with E-state index in [9.17, 15) is 28.8 Å². The van der Waals surface area contributed by atoms with Gasteiger partial charge in [-0.25, -0.2) is 20.4 Å². The molecule has 6 amide bonds. The van der Waals surface area contributed by atoms with E-state index in [1.54, 1.807) is 14.1 Å². The third kappa shape index (κ3) is 19.1. The van der Waals surface area contributed by atoms with Crippen LogP contribution in [-0.4, -0.2) is 98.2 Å². The van der Waals surface area contributed by atoms with Crippen molar-refractivity contribution in [2.75, 3.05) is 33.8 Å². The number of hydrogen-bond acceptors (Lipinski definition) is 11. The predicted octanol–water partition coefficient (Wildman–Crippen LogP) is 4.68. The maximum absolute atomic E-state index is 12.8. The van der Waals surface area contributed by atoms with E-state index in [0.29, 0.717) is 12.8 Å². The lowest BCUT2D eigenvalue weighted by atomic mass is 9.99. The highest BCUT2D eigenvalue weighted by atomic mass is 16.5. The fourth-order valence-electron chi connectivity index (χ4n) is 6.53. The second kappa shape index (κ2) is 30.4. The Labute approximate surface area is 391 Å². The van der Waals surface area contributed by atoms with Gasteiger partial charge < -0.3 is 41.7 Å². The topological polar surface area (TPSA) is 253 Å². The molecule has 0 aliphatic carbocycles. The SMILES string of the molecule is C=CCOC(=O)CNC(=O)/C(=N/NC(=O)NC(c1ccccc1)c1ccccc1)C(CCC)NC.CCCC(NC)/C(=N\NC(=O)NC(c1ccccc1)c1ccccc1)C(=O)NCC(=O)O. The number of carbonyl (C=O) groups is 6. The first kappa shape index (κ1) is 53.6. The Balaban J connectivity index is 0.000000357. The van der Waals surface area contributed by atoms with Gasteiger partial charge in [0.05, 0.1) is 24.2 Å². The maximum Gasteiger partial charge on any atom is 0.335 e. The van der Waals surface area contributed by atoms with Gasteiger partial charge in [-0.15, -0.1) is 0 Å². The molecule has 18 heteroatoms. The van der Waals surface area contributed by atoms with Crippen molar-refractivity contribution in [1.29, 1.82) is 0 Å². The second-order valence-electron chi connectivity index (χ2n) is 14.7. The number of hydrazone groups is 2. The molecule has 0 heterocycles. The monoisotopic (exact) mass is 918 g/mol. The van der Waals surface area contributed by atoms with E-state index in [-0.39, 0.29) is 24.6 Å². The van der Waals surface area contributed by atoms with Crippen molar-refractivity contribution < 1.29 is 38.6 Å². The van der Waals surface area contributed by atoms with E-state index in [4.69, 9.17) is 9.84 Å². The summed E-state index contributed by atoms with van der Waals surface area (Å²) in [6, 6.07) is 35.1. The molecule has 9 N–H and O–H groups in total. The molecule has 0 bridgehead atoms. The minimum Gasteiger partial charge on any atom is -0.480 e. The van der Waals surface area contributed by atoms with E-state index in [2.05, 4.69) is 59.5 Å². The molecule has 0 spiro atoms. The van der Waals surface area contributed by atoms with Crippen LogP contribution in [0, 0.1) is 0 Å². The zero-order valence-electron chi connectivity index (χ0n) is 38.3. The molecule has 0 saturated carbocycles. The number of aliphatic carboxylic acids is 1. The van der Waals surface area contributed by atoms with Gasteiger partial charge in [0.1, 0.15) is 31.1 Å². The molecule has 4 rings (SSSR count). The van der Waals surface area contributed by atoms with E-state index in [1.807, 2.05) is 135 Å². The van der Waals surface area contributed by atoms with Crippen LogP contribution in [0.3, 0.4) is 0 Å². The first-order chi connectivity index (χ1) is 32.4. The number of esters is 1. The van der Waals surface area contributed by atoms with E-state index in [0.717, 1.165) is 35.1 Å². The summed E-state index contributed by atoms with van der Waals surface area (Å²) in [5.74, 6) is -3.03. The van der Waals surface area contributed by atoms with Crippen LogP contribution in [0.2, 0.25) is 0 Å². The Morgan fingerprint density at radius 2 is 0.925 bits per heavy atom. The molecule has 0 aliphatic rings. The van der Waals surface area contributed by atoms with Gasteiger partial charge in [-0.05, 0) is 49.2 Å². The molecule has 0 saturated heterocycles. The molecule has 0 fully saturated rings. The van der Waals surface area contributed by atoms with Crippen LogP contribution in [-0.2, 0) is 23.9 Å². The summed E-state index contributed by atoms with van der Waals surface area (Å²) < 4.78 is 4.87. The van der Waals surface area contributed by atoms with Crippen LogP contribution in [0.25, 0.3) is 0 Å². The number of benzene rings is 4. The molecular weight excluding hydrogens is 857 g/mol. The van der Waals surface area contributed by atoms with Crippen LogP contribution in [0.5, 0.6) is 0 Å². The zero-order valence-corrected chi connectivity index (χ0v) is 38.3. The van der Waals surface area contributed by atoms with Crippen molar-refractivity contribution in [2.24, 2.45) is 10.2 Å². The van der Waals surface area contributed by atoms with Crippen molar-refractivity contribution in [3.05, 3.63) is 156 Å². The normalized spacial score (nSPS) is 12.0. The van der Waals surface area contributed by atoms with E-state index < -0.39 is 66.5 Å². The molecule has 67 heavy (non-hydrogen) atoms. The van der Waals surface area contributed by atoms with Crippen LogP contribution < -0.4 is 42.8 Å². The number of hydrogen-bond donors (Lipinski definition) is 9. The average molecular weight is 919 g/mol. The van der Waals surface area contributed by atoms with E-state index in [1.165, 1.54) is 6.08 Å². The number of rotatable bonds is 24. The molecule has 2 unspecified atom stereocenters. The highest BCUT2D eigenvalue weighted by Gasteiger charge is 2.25. The molecule has 0 radical (unpaired) electrons. The lowest BCUT2D eigenvalue weighted by Gasteiger charge is -2.20. The summed E-state index contributed by atoms with van der Waals surface area (Å²) in [5.41, 5.74) is 8.44. The summed E-state index contributed by atoms with van der Waals surface area (Å²) >= 11 is 0. The highest BCUT2D eigenvalue weighted by molar-refractivity contribution is 6.41. The van der Waals surface area contributed by atoms with Crippen molar-refractivity contribution in [3.63, 3.8) is 0 Å². The Hall–Kier alpha value is -7.70. The van der Waals surface area contributed by atoms with Crippen molar-refractivity contribution in [3.8, 4) is 0 Å². The number of urea groups is 2. The minimum absolute atomic E-state index is 0.00159. The quantitative estimate of drug-likeness (QED) is 0.0203. The van der Waals surface area contributed by atoms with Gasteiger partial charge in [0, 0.05) is 0 Å². The van der Waals surface area contributed by atoms with Gasteiger partial charge >= 0.3 is 24.0 Å². The zero-order chi connectivity index (χ0) is 48.8. The molecule has 4 aromatic rings. The lowest BCUT2D eigenvalue weighted by molar-refractivity contribution is -0.142. The van der Waals surface area contributed by atoms with Crippen LogP contribution in [0.4, 0.5) is 9.59 Å². The number of amides is 6. The first-order valence-corrected chi connectivity index (χ1v) is 21.8. The fraction of sp³-hybridized carbons (Fsp3) is 0.306. The standard InChI is InChI=1S/C26H33N5O4.C23H29N5O4/c1-4-12-21(27-3)24(25(33)28-18-22(32)35-17-5-2)30-31-26(34)29-23(19-13-8-6-9-14-19)20-15-10-7-11-16-20;1-3-10-18(24-2)21(22(31)25-15-19(29)30)27-28-23(32)26-20(16-11-6-4-7-12-16)17-13-8-5-9-14-17/h5-11,13-16,21,23,27H,2,4,12,17-18H2,1,3H3,(H,28,33)(H2,29,31,34);4-9,11-14,18,20,24H,3,10,15H2,1-2H3,(H,25,31)(H,29,30)(H2,26,28,32)/b30-24+;27-21+. The predicted molar refractivity (Wildman–Crippen MR) is 258 cm³/mol. The number of carboxylic acids is 1. The third-order valence-electron chi connectivity index (χ3n) is 9.77. The Morgan fingerprint density at radius 3 is 1.22 bits per heavy atom. The van der Waals surface area contributed by atoms with Gasteiger partial charge in [-0.1, -0.05) is 161 Å². The average Bonchev–Trinajstić information content (AvgIpc) is 3.35. The number of nitrogens with zero attached hydrogens (tertiary/aromatic N) is 2. The van der Waals surface area contributed by atoms with Gasteiger partial charge in [-0.2, -0.15) is 10.2 Å². The summed E-state index contributed by atoms with van der Waals surface area (Å²) in [6.45, 7) is 6.57. The lowest BCUT2D eigenvalue weighted by Crippen LogP contribution is -2.47. The molecule has 0 aliphatic heterocycles. The van der Waals surface area contributed by atoms with Crippen LogP contribution >= 0.6 is 0 Å². The van der Waals surface area contributed by atoms with Crippen molar-refractivity contribution in [2.45, 2.75) is 63.7 Å². The smallest absolute Gasteiger partial charge is 0.335 e. The Morgan fingerprint density at radius 1 is 0.582 bits per heavy atom. The summed E-state index contributed by atoms with van der Waals surface area (Å²) in [6.07, 6.45) is 4.15. The summed E-state index contributed by atoms with van der Waals surface area (Å²) in [5, 5.41) is 33.5. The largest absolute Gasteiger partial charge is 0.480 e. The van der Waals surface area contributed by atoms with Gasteiger partial charge in [0.2, 0.25) is 0 Å². The second-order valence-corrected chi connectivity index (χ2v) is 14.7. The summed E-state index contributed by atoms with van der Waals surface area (Å²) in [4.78, 5) is 73.3. The third-order valence-corrected chi connectivity index (χ3v) is 9.77. The Bertz CT molecular complexity index is 2150. The highest BCUT2D eigenvalue weighted by Crippen LogP contribution is 2.23. The number of carbonyl (C=O) groups excluding carboxylic acids is 5. The fourth-order valence-corrected chi connectivity index (χ4v) is 6.53. The molecule has 18 nitrogen and oxygen atoms in total. The van der Waals surface area contributed by atoms with Crippen LogP contribution in [0.15, 0.2) is 144 Å². The van der Waals surface area contributed by atoms with Crippen molar-refractivity contribution >= 4 is 47.2 Å². The van der Waals surface area contributed by atoms with Gasteiger partial charge in [0.15, 0.2) is 0 Å². The molecule has 2 atom stereocenters. The number of carboxylic acid groups (broad SMARTS) is 1. The minimum atomic E-state index is -1.17. The molecule has 356 valence electrons. The van der Waals surface area contributed by atoms with Crippen LogP contribution in [0.1, 0.15) is 73.9 Å². The van der Waals surface area contributed by atoms with Gasteiger partial charge in [0.25, 0.3) is 11.8 Å². The Kier molecular flexibility index (Phi) is 24.4. The van der Waals surface area contributed by atoms with Crippen molar-refractivity contribution in [1.82, 2.24) is 42.8 Å². The molecular formula is C49H62N10O8. The molecule has 4 aromatic carbocycles. The summed E-state index contributed by atoms with van der Waals surface area (Å²) in [7, 11) is 3.36. The first-order valence-electron chi connectivity index (χ1n) is 21.8. The number of nitrogens with one attached hydrogen (secondary N) is 8.